The van der Waals surface area contributed by atoms with E-state index < -0.39 is 21.7 Å². The Morgan fingerprint density at radius 3 is 2.17 bits per heavy atom. The summed E-state index contributed by atoms with van der Waals surface area (Å²) in [4.78, 5) is -0.0914. The molecular formula is C16H17F2NO4S. The molecule has 0 aliphatic rings. The molecule has 0 bridgehead atoms. The minimum absolute atomic E-state index is 0.0914. The highest BCUT2D eigenvalue weighted by molar-refractivity contribution is 7.92. The maximum Gasteiger partial charge on any atom is 0.264 e. The summed E-state index contributed by atoms with van der Waals surface area (Å²) in [5.74, 6) is -0.999. The van der Waals surface area contributed by atoms with E-state index in [0.29, 0.717) is 15.6 Å². The smallest absolute Gasteiger partial charge is 0.264 e. The number of rotatable bonds is 5. The third-order valence-electron chi connectivity index (χ3n) is 3.57. The van der Waals surface area contributed by atoms with Crippen LogP contribution in [0.25, 0.3) is 0 Å². The first-order valence-corrected chi connectivity index (χ1v) is 8.33. The average Bonchev–Trinajstić information content (AvgIpc) is 2.55. The Hall–Kier alpha value is -2.35. The fourth-order valence-electron chi connectivity index (χ4n) is 2.24. The van der Waals surface area contributed by atoms with E-state index in [-0.39, 0.29) is 16.3 Å². The van der Waals surface area contributed by atoms with Crippen LogP contribution in [0.3, 0.4) is 0 Å². The molecule has 0 heterocycles. The van der Waals surface area contributed by atoms with E-state index >= 15 is 0 Å². The Morgan fingerprint density at radius 1 is 1.00 bits per heavy atom. The number of anilines is 1. The Labute approximate surface area is 139 Å². The van der Waals surface area contributed by atoms with Crippen LogP contribution >= 0.6 is 0 Å². The lowest BCUT2D eigenvalue weighted by Gasteiger charge is -2.22. The molecule has 2 rings (SSSR count). The van der Waals surface area contributed by atoms with Gasteiger partial charge in [-0.15, -0.1) is 0 Å². The highest BCUT2D eigenvalue weighted by atomic mass is 32.2. The molecule has 24 heavy (non-hydrogen) atoms. The zero-order valence-electron chi connectivity index (χ0n) is 13.6. The number of ether oxygens (including phenoxy) is 2. The molecule has 0 saturated carbocycles. The summed E-state index contributed by atoms with van der Waals surface area (Å²) in [6.45, 7) is 1.57. The van der Waals surface area contributed by atoms with Crippen LogP contribution < -0.4 is 13.8 Å². The van der Waals surface area contributed by atoms with Gasteiger partial charge >= 0.3 is 0 Å². The molecule has 2 aromatic rings. The summed E-state index contributed by atoms with van der Waals surface area (Å²) < 4.78 is 63.9. The molecule has 0 aliphatic heterocycles. The van der Waals surface area contributed by atoms with Crippen LogP contribution in [-0.2, 0) is 10.0 Å². The van der Waals surface area contributed by atoms with Crippen molar-refractivity contribution in [3.63, 3.8) is 0 Å². The largest absolute Gasteiger partial charge is 0.493 e. The summed E-state index contributed by atoms with van der Waals surface area (Å²) in [5.41, 5.74) is 0.000459. The topological polar surface area (TPSA) is 55.8 Å². The maximum atomic E-state index is 13.9. The van der Waals surface area contributed by atoms with Crippen molar-refractivity contribution < 1.29 is 26.7 Å². The van der Waals surface area contributed by atoms with Crippen molar-refractivity contribution >= 4 is 15.7 Å². The molecule has 0 saturated heterocycles. The standard InChI is InChI=1S/C16H17F2NO4S/c1-10-7-14(22-3)15(23-4)9-16(10)24(20,21)19(2)13-8-11(17)5-6-12(13)18/h5-9H,1-4H3. The highest BCUT2D eigenvalue weighted by Gasteiger charge is 2.27. The highest BCUT2D eigenvalue weighted by Crippen LogP contribution is 2.35. The fraction of sp³-hybridized carbons (Fsp3) is 0.250. The van der Waals surface area contributed by atoms with Crippen molar-refractivity contribution in [2.75, 3.05) is 25.6 Å². The zero-order chi connectivity index (χ0) is 18.1. The van der Waals surface area contributed by atoms with E-state index in [2.05, 4.69) is 0 Å². The number of nitrogens with zero attached hydrogens (tertiary/aromatic N) is 1. The van der Waals surface area contributed by atoms with Crippen LogP contribution in [0.4, 0.5) is 14.5 Å². The monoisotopic (exact) mass is 357 g/mol. The second-order valence-corrected chi connectivity index (χ2v) is 6.98. The third kappa shape index (κ3) is 3.14. The average molecular weight is 357 g/mol. The molecule has 0 aliphatic carbocycles. The van der Waals surface area contributed by atoms with Gasteiger partial charge in [-0.05, 0) is 30.7 Å². The quantitative estimate of drug-likeness (QED) is 0.825. The van der Waals surface area contributed by atoms with Crippen LogP contribution in [-0.4, -0.2) is 29.7 Å². The number of benzene rings is 2. The van der Waals surface area contributed by atoms with Crippen molar-refractivity contribution in [1.82, 2.24) is 0 Å². The molecule has 5 nitrogen and oxygen atoms in total. The van der Waals surface area contributed by atoms with Crippen molar-refractivity contribution in [2.45, 2.75) is 11.8 Å². The summed E-state index contributed by atoms with van der Waals surface area (Å²) >= 11 is 0. The van der Waals surface area contributed by atoms with Gasteiger partial charge in [-0.1, -0.05) is 0 Å². The molecule has 0 unspecified atom stereocenters. The molecule has 0 N–H and O–H groups in total. The first-order valence-electron chi connectivity index (χ1n) is 6.89. The molecular weight excluding hydrogens is 340 g/mol. The molecule has 0 aromatic heterocycles. The van der Waals surface area contributed by atoms with Gasteiger partial charge in [0.15, 0.2) is 11.5 Å². The Balaban J connectivity index is 2.60. The summed E-state index contributed by atoms with van der Waals surface area (Å²) in [7, 11) is -0.168. The summed E-state index contributed by atoms with van der Waals surface area (Å²) in [6, 6.07) is 5.40. The number of hydrogen-bond donors (Lipinski definition) is 0. The lowest BCUT2D eigenvalue weighted by atomic mass is 10.2. The van der Waals surface area contributed by atoms with Crippen LogP contribution in [0, 0.1) is 18.6 Å². The first-order chi connectivity index (χ1) is 11.2. The third-order valence-corrected chi connectivity index (χ3v) is 5.48. The van der Waals surface area contributed by atoms with E-state index in [4.69, 9.17) is 9.47 Å². The van der Waals surface area contributed by atoms with E-state index in [1.54, 1.807) is 6.92 Å². The molecule has 0 fully saturated rings. The predicted molar refractivity (Wildman–Crippen MR) is 86.2 cm³/mol. The van der Waals surface area contributed by atoms with E-state index in [1.165, 1.54) is 26.4 Å². The summed E-state index contributed by atoms with van der Waals surface area (Å²) in [5, 5.41) is 0. The van der Waals surface area contributed by atoms with Gasteiger partial charge in [-0.2, -0.15) is 0 Å². The fourth-order valence-corrected chi connectivity index (χ4v) is 3.66. The Bertz CT molecular complexity index is 869. The van der Waals surface area contributed by atoms with Crippen LogP contribution in [0.5, 0.6) is 11.5 Å². The number of halogens is 2. The molecule has 0 spiro atoms. The van der Waals surface area contributed by atoms with Crippen LogP contribution in [0.15, 0.2) is 35.2 Å². The predicted octanol–water partition coefficient (Wildman–Crippen LogP) is 3.12. The molecule has 0 radical (unpaired) electrons. The summed E-state index contributed by atoms with van der Waals surface area (Å²) in [6.07, 6.45) is 0. The number of aryl methyl sites for hydroxylation is 1. The van der Waals surface area contributed by atoms with Gasteiger partial charge in [0.25, 0.3) is 10.0 Å². The number of hydrogen-bond acceptors (Lipinski definition) is 4. The minimum Gasteiger partial charge on any atom is -0.493 e. The van der Waals surface area contributed by atoms with Gasteiger partial charge in [-0.3, -0.25) is 4.31 Å². The van der Waals surface area contributed by atoms with E-state index in [9.17, 15) is 17.2 Å². The maximum absolute atomic E-state index is 13.9. The van der Waals surface area contributed by atoms with Gasteiger partial charge in [-0.25, -0.2) is 17.2 Å². The lowest BCUT2D eigenvalue weighted by molar-refractivity contribution is 0.353. The normalized spacial score (nSPS) is 11.2. The van der Waals surface area contributed by atoms with Crippen molar-refractivity contribution in [3.8, 4) is 11.5 Å². The SMILES string of the molecule is COc1cc(C)c(S(=O)(=O)N(C)c2cc(F)ccc2F)cc1OC. The molecule has 2 aromatic carbocycles. The Morgan fingerprint density at radius 2 is 1.58 bits per heavy atom. The lowest BCUT2D eigenvalue weighted by Crippen LogP contribution is -2.28. The van der Waals surface area contributed by atoms with Gasteiger partial charge in [0.05, 0.1) is 24.8 Å². The second kappa shape index (κ2) is 6.64. The van der Waals surface area contributed by atoms with E-state index in [1.807, 2.05) is 0 Å². The van der Waals surface area contributed by atoms with Crippen molar-refractivity contribution in [2.24, 2.45) is 0 Å². The number of methoxy groups -OCH3 is 2. The number of sulfonamides is 1. The van der Waals surface area contributed by atoms with Crippen molar-refractivity contribution in [1.29, 1.82) is 0 Å². The molecule has 0 atom stereocenters. The molecule has 8 heteroatoms. The van der Waals surface area contributed by atoms with Crippen molar-refractivity contribution in [3.05, 3.63) is 47.5 Å². The van der Waals surface area contributed by atoms with Gasteiger partial charge in [0, 0.05) is 19.2 Å². The van der Waals surface area contributed by atoms with Crippen LogP contribution in [0.2, 0.25) is 0 Å². The minimum atomic E-state index is -4.13. The molecule has 0 amide bonds. The first kappa shape index (κ1) is 18.0. The second-order valence-electron chi connectivity index (χ2n) is 5.04. The van der Waals surface area contributed by atoms with Gasteiger partial charge in [0.1, 0.15) is 11.6 Å². The Kier molecular flexibility index (Phi) is 4.98. The van der Waals surface area contributed by atoms with Gasteiger partial charge in [0.2, 0.25) is 0 Å². The zero-order valence-corrected chi connectivity index (χ0v) is 14.4. The van der Waals surface area contributed by atoms with Gasteiger partial charge < -0.3 is 9.47 Å². The molecule has 130 valence electrons. The van der Waals surface area contributed by atoms with E-state index in [0.717, 1.165) is 25.2 Å². The van der Waals surface area contributed by atoms with Crippen LogP contribution in [0.1, 0.15) is 5.56 Å².